The lowest BCUT2D eigenvalue weighted by Crippen LogP contribution is -2.26. The van der Waals surface area contributed by atoms with Crippen LogP contribution in [0.2, 0.25) is 0 Å². The van der Waals surface area contributed by atoms with Gasteiger partial charge in [-0.1, -0.05) is 317 Å². The van der Waals surface area contributed by atoms with Crippen molar-refractivity contribution in [2.45, 2.75) is 169 Å². The van der Waals surface area contributed by atoms with Crippen molar-refractivity contribution in [1.29, 1.82) is 0 Å². The molecule has 0 amide bonds. The van der Waals surface area contributed by atoms with Crippen molar-refractivity contribution >= 4 is 22.2 Å². The lowest BCUT2D eigenvalue weighted by molar-refractivity contribution is 0.416. The van der Waals surface area contributed by atoms with Crippen molar-refractivity contribution in [3.05, 3.63) is 315 Å². The van der Waals surface area contributed by atoms with E-state index in [2.05, 4.69) is 283 Å². The smallest absolute Gasteiger partial charge is 0.0667 e. The molecular weight excluding hydrogens is 1090 g/mol. The molecule has 7 aromatic carbocycles. The maximum Gasteiger partial charge on any atom is 0.0667 e. The van der Waals surface area contributed by atoms with Crippen molar-refractivity contribution in [3.63, 3.8) is 0 Å². The first-order chi connectivity index (χ1) is 44.6. The molecule has 0 spiro atoms. The summed E-state index contributed by atoms with van der Waals surface area (Å²) in [6, 6.07) is 54.7. The summed E-state index contributed by atoms with van der Waals surface area (Å²) in [5, 5.41) is 2.62. The fourth-order valence-electron chi connectivity index (χ4n) is 14.0. The lowest BCUT2D eigenvalue weighted by atomic mass is 9.71. The molecule has 7 aromatic rings. The topological polar surface area (TPSA) is 12.4 Å². The van der Waals surface area contributed by atoms with Crippen molar-refractivity contribution < 1.29 is 0 Å². The zero-order chi connectivity index (χ0) is 65.7. The van der Waals surface area contributed by atoms with Crippen LogP contribution in [0.4, 0.5) is 5.69 Å². The Balaban J connectivity index is 0.000000169. The monoisotopic (exact) mass is 1210 g/mol. The summed E-state index contributed by atoms with van der Waals surface area (Å²) in [7, 11) is 0. The number of aryl methyl sites for hydroxylation is 3. The maximum atomic E-state index is 4.47. The number of fused-ring (bicyclic) bond motifs is 10. The van der Waals surface area contributed by atoms with Crippen LogP contribution in [-0.2, 0) is 57.8 Å². The number of rotatable bonds is 0. The summed E-state index contributed by atoms with van der Waals surface area (Å²) >= 11 is 0. The van der Waals surface area contributed by atoms with Gasteiger partial charge in [0.2, 0.25) is 0 Å². The minimum absolute atomic E-state index is 0.740. The molecule has 0 N–H and O–H groups in total. The Hall–Kier alpha value is -7.61. The zero-order valence-electron chi connectivity index (χ0n) is 58.9. The van der Waals surface area contributed by atoms with Crippen molar-refractivity contribution in [2.75, 3.05) is 0 Å². The molecule has 0 bridgehead atoms. The second-order valence-corrected chi connectivity index (χ2v) is 24.5. The van der Waals surface area contributed by atoms with Gasteiger partial charge in [-0.3, -0.25) is 4.99 Å². The van der Waals surface area contributed by atoms with Crippen LogP contribution in [0.1, 0.15) is 157 Å². The minimum Gasteiger partial charge on any atom is -0.257 e. The van der Waals surface area contributed by atoms with E-state index in [-0.39, 0.29) is 0 Å². The highest BCUT2D eigenvalue weighted by molar-refractivity contribution is 5.92. The molecule has 0 saturated carbocycles. The highest BCUT2D eigenvalue weighted by atomic mass is 14.8. The van der Waals surface area contributed by atoms with Crippen LogP contribution in [-0.4, -0.2) is 5.71 Å². The van der Waals surface area contributed by atoms with Crippen molar-refractivity contribution in [3.8, 4) is 0 Å². The number of hydrogen-bond acceptors (Lipinski definition) is 1. The molecule has 0 aromatic heterocycles. The molecule has 1 aliphatic heterocycles. The average molecular weight is 1210 g/mol. The Kier molecular flexibility index (Phi) is 30.5. The van der Waals surface area contributed by atoms with Gasteiger partial charge in [-0.25, -0.2) is 0 Å². The number of nitrogens with zero attached hydrogens (tertiary/aromatic N) is 1. The third-order valence-electron chi connectivity index (χ3n) is 18.8. The summed E-state index contributed by atoms with van der Waals surface area (Å²) in [5.41, 5.74) is 23.4. The normalized spacial score (nSPS) is 21.4. The van der Waals surface area contributed by atoms with Gasteiger partial charge < -0.3 is 0 Å². The summed E-state index contributed by atoms with van der Waals surface area (Å²) in [4.78, 5) is 4.47. The predicted molar refractivity (Wildman–Crippen MR) is 403 cm³/mol. The van der Waals surface area contributed by atoms with Gasteiger partial charge in [0.25, 0.3) is 0 Å². The molecule has 1 heterocycles. The number of aliphatic imine (C=N–C) groups is 1. The standard InChI is InChI=1S/3C15H16.C14H14.C11H13N.C10H8.5C2H6/c2*1-11-5-4-8-14-9-12-6-2-3-7-13(12)10-15(11)14;1-11-6-7-14-9-12-4-2-3-5-13(12)10-15(14)8-11;1-2-6-12-10-14-8-4-3-7-13(14)9-11(12)5-1;1-7-4-10-6-9(3)12-11(10)5-8(7)2;1-2-6-10-8-4-3-7-9(10)5-1;5*1-2/h2*2-8,14-15H,9-10H2,1H3;2-8,12-13H,9-10H2,1H3;1-8,11-12H,9-10H2;4-5H,6H2,1-3H3;1-8H;5*1-2H3. The van der Waals surface area contributed by atoms with Gasteiger partial charge in [-0.2, -0.15) is 0 Å². The van der Waals surface area contributed by atoms with E-state index in [0.29, 0.717) is 0 Å². The molecule has 8 aliphatic carbocycles. The lowest BCUT2D eigenvalue weighted by Gasteiger charge is -2.33. The quantitative estimate of drug-likeness (QED) is 0.144. The van der Waals surface area contributed by atoms with E-state index >= 15 is 0 Å². The first kappa shape index (κ1) is 72.5. The zero-order valence-corrected chi connectivity index (χ0v) is 58.9. The Morgan fingerprint density at radius 1 is 0.286 bits per heavy atom. The summed E-state index contributed by atoms with van der Waals surface area (Å²) in [6.45, 7) is 33.1. The molecule has 0 saturated heterocycles. The minimum atomic E-state index is 0.740. The molecule has 16 rings (SSSR count). The van der Waals surface area contributed by atoms with Crippen LogP contribution in [0, 0.1) is 68.1 Å². The van der Waals surface area contributed by atoms with Crippen LogP contribution < -0.4 is 0 Å². The maximum absolute atomic E-state index is 4.47. The predicted octanol–water partition coefficient (Wildman–Crippen LogP) is 24.6. The number of benzene rings is 7. The molecule has 9 aliphatic rings. The molecule has 1 nitrogen and oxygen atoms in total. The molecule has 0 radical (unpaired) electrons. The summed E-state index contributed by atoms with van der Waals surface area (Å²) in [6.07, 6.45) is 42.8. The Morgan fingerprint density at radius 3 is 0.978 bits per heavy atom. The summed E-state index contributed by atoms with van der Waals surface area (Å²) in [5.74, 6) is 5.96. The highest BCUT2D eigenvalue weighted by Gasteiger charge is 2.31. The molecule has 1 heteroatoms. The van der Waals surface area contributed by atoms with E-state index in [0.717, 1.165) is 53.8 Å². The van der Waals surface area contributed by atoms with Crippen LogP contribution in [0.25, 0.3) is 10.8 Å². The molecule has 478 valence electrons. The van der Waals surface area contributed by atoms with Crippen molar-refractivity contribution in [2.24, 2.45) is 52.3 Å². The fraction of sp³-hybridized carbons (Fsp3) is 0.367. The van der Waals surface area contributed by atoms with E-state index in [1.165, 1.54) is 95.8 Å². The SMILES string of the molecule is C1=CC2Cc3ccccc3CC2C=C1.CC.CC.CC.CC.CC.CC1=CC=CC2Cc3ccccc3CC12.CC1=CC=CC2Cc3ccccc3CC12.CC1=Nc2cc(C)c(C)cc2C1.Cc1ccc2c(c1)CC1C=CC=CC1C2.c1ccc2ccccc2c1. The molecular formula is C90H113N. The molecule has 91 heavy (non-hydrogen) atoms. The van der Waals surface area contributed by atoms with Crippen LogP contribution in [0.3, 0.4) is 0 Å². The highest BCUT2D eigenvalue weighted by Crippen LogP contribution is 2.40. The summed E-state index contributed by atoms with van der Waals surface area (Å²) < 4.78 is 0. The van der Waals surface area contributed by atoms with E-state index in [9.17, 15) is 0 Å². The largest absolute Gasteiger partial charge is 0.257 e. The van der Waals surface area contributed by atoms with Crippen LogP contribution >= 0.6 is 0 Å². The van der Waals surface area contributed by atoms with E-state index in [4.69, 9.17) is 0 Å². The van der Waals surface area contributed by atoms with Gasteiger partial charge in [-0.05, 0) is 218 Å². The van der Waals surface area contributed by atoms with E-state index < -0.39 is 0 Å². The van der Waals surface area contributed by atoms with Crippen LogP contribution in [0.15, 0.2) is 253 Å². The van der Waals surface area contributed by atoms with Gasteiger partial charge in [0.1, 0.15) is 0 Å². The van der Waals surface area contributed by atoms with Gasteiger partial charge in [0.05, 0.1) is 5.69 Å². The first-order valence-corrected chi connectivity index (χ1v) is 35.3. The first-order valence-electron chi connectivity index (χ1n) is 35.3. The van der Waals surface area contributed by atoms with E-state index in [1.54, 1.807) is 55.7 Å². The average Bonchev–Trinajstić information content (AvgIpc) is 2.34. The number of hydrogen-bond donors (Lipinski definition) is 0. The van der Waals surface area contributed by atoms with Gasteiger partial charge in [-0.15, -0.1) is 0 Å². The van der Waals surface area contributed by atoms with Crippen molar-refractivity contribution in [1.82, 2.24) is 0 Å². The van der Waals surface area contributed by atoms with Gasteiger partial charge >= 0.3 is 0 Å². The Bertz CT molecular complexity index is 3460. The molecule has 0 fully saturated rings. The second kappa shape index (κ2) is 38.3. The third kappa shape index (κ3) is 20.2. The second-order valence-electron chi connectivity index (χ2n) is 24.5. The van der Waals surface area contributed by atoms with Gasteiger partial charge in [0, 0.05) is 12.1 Å². The third-order valence-corrected chi connectivity index (χ3v) is 18.8. The molecule has 8 atom stereocenters. The number of allylic oxidation sites excluding steroid dienone is 16. The fourth-order valence-corrected chi connectivity index (χ4v) is 14.0. The van der Waals surface area contributed by atoms with Gasteiger partial charge in [0.15, 0.2) is 0 Å². The Labute approximate surface area is 554 Å². The Morgan fingerprint density at radius 2 is 0.593 bits per heavy atom. The molecule has 8 unspecified atom stereocenters. The van der Waals surface area contributed by atoms with E-state index in [1.807, 2.05) is 69.2 Å². The van der Waals surface area contributed by atoms with Crippen LogP contribution in [0.5, 0.6) is 0 Å².